The third-order valence-electron chi connectivity index (χ3n) is 5.78. The number of rotatable bonds is 24. The van der Waals surface area contributed by atoms with Gasteiger partial charge in [-0.1, -0.05) is 109 Å². The van der Waals surface area contributed by atoms with Gasteiger partial charge in [-0.15, -0.1) is 0 Å². The van der Waals surface area contributed by atoms with E-state index in [1.165, 1.54) is 83.5 Å². The van der Waals surface area contributed by atoms with Crippen LogP contribution in [-0.4, -0.2) is 33.7 Å². The molecule has 6 heteroatoms. The summed E-state index contributed by atoms with van der Waals surface area (Å²) in [5, 5.41) is 17.0. The Bertz CT molecular complexity index is 456. The second-order valence-corrected chi connectivity index (χ2v) is 8.67. The van der Waals surface area contributed by atoms with Crippen LogP contribution >= 0.6 is 0 Å². The molecule has 0 saturated carbocycles. The van der Waals surface area contributed by atoms with E-state index in [1.54, 1.807) is 0 Å². The zero-order chi connectivity index (χ0) is 23.2. The SMILES string of the molecule is O=C(O)C(=O)CCCCCCCCCCCCCCCCCCCCCC(=O)C(=O)O. The Morgan fingerprint density at radius 1 is 0.323 bits per heavy atom. The van der Waals surface area contributed by atoms with E-state index in [1.807, 2.05) is 0 Å². The van der Waals surface area contributed by atoms with Crippen molar-refractivity contribution in [3.8, 4) is 0 Å². The Kier molecular flexibility index (Phi) is 20.3. The highest BCUT2D eigenvalue weighted by atomic mass is 16.4. The van der Waals surface area contributed by atoms with Gasteiger partial charge in [-0.05, 0) is 12.8 Å². The smallest absolute Gasteiger partial charge is 0.372 e. The van der Waals surface area contributed by atoms with Crippen LogP contribution in [0, 0.1) is 0 Å². The number of carboxylic acids is 2. The van der Waals surface area contributed by atoms with E-state index in [-0.39, 0.29) is 12.8 Å². The summed E-state index contributed by atoms with van der Waals surface area (Å²) in [6.45, 7) is 0. The van der Waals surface area contributed by atoms with Crippen molar-refractivity contribution in [1.29, 1.82) is 0 Å². The van der Waals surface area contributed by atoms with Crippen molar-refractivity contribution in [2.45, 2.75) is 135 Å². The van der Waals surface area contributed by atoms with Crippen molar-refractivity contribution >= 4 is 23.5 Å². The van der Waals surface area contributed by atoms with E-state index in [9.17, 15) is 19.2 Å². The normalized spacial score (nSPS) is 10.8. The molecule has 0 radical (unpaired) electrons. The van der Waals surface area contributed by atoms with Crippen molar-refractivity contribution in [3.05, 3.63) is 0 Å². The molecular formula is C25H44O6. The van der Waals surface area contributed by atoms with Crippen LogP contribution in [0.4, 0.5) is 0 Å². The number of Topliss-reactive ketones (excluding diaryl/α,β-unsaturated/α-hetero) is 2. The van der Waals surface area contributed by atoms with Crippen LogP contribution in [0.1, 0.15) is 135 Å². The minimum atomic E-state index is -1.31. The summed E-state index contributed by atoms with van der Waals surface area (Å²) in [7, 11) is 0. The minimum absolute atomic E-state index is 0.175. The van der Waals surface area contributed by atoms with Crippen molar-refractivity contribution in [2.75, 3.05) is 0 Å². The third-order valence-corrected chi connectivity index (χ3v) is 5.78. The van der Waals surface area contributed by atoms with E-state index in [0.29, 0.717) is 12.8 Å². The average molecular weight is 441 g/mol. The van der Waals surface area contributed by atoms with Gasteiger partial charge in [0.2, 0.25) is 11.6 Å². The molecule has 0 aliphatic heterocycles. The molecule has 0 spiro atoms. The van der Waals surface area contributed by atoms with E-state index in [0.717, 1.165) is 25.7 Å². The van der Waals surface area contributed by atoms with Crippen LogP contribution in [0.15, 0.2) is 0 Å². The Morgan fingerprint density at radius 2 is 0.484 bits per heavy atom. The van der Waals surface area contributed by atoms with Gasteiger partial charge >= 0.3 is 11.9 Å². The first-order chi connectivity index (χ1) is 14.9. The summed E-state index contributed by atoms with van der Waals surface area (Å²) in [4.78, 5) is 42.7. The van der Waals surface area contributed by atoms with Crippen molar-refractivity contribution < 1.29 is 29.4 Å². The molecule has 0 aliphatic carbocycles. The largest absolute Gasteiger partial charge is 0.476 e. The van der Waals surface area contributed by atoms with Gasteiger partial charge in [-0.2, -0.15) is 0 Å². The summed E-state index contributed by atoms with van der Waals surface area (Å²) in [5.74, 6) is -3.94. The number of carbonyl (C=O) groups is 4. The predicted octanol–water partition coefficient (Wildman–Crippen LogP) is 6.49. The summed E-state index contributed by atoms with van der Waals surface area (Å²) >= 11 is 0. The lowest BCUT2D eigenvalue weighted by atomic mass is 10.0. The molecular weight excluding hydrogens is 396 g/mol. The summed E-state index contributed by atoms with van der Waals surface area (Å²) in [6.07, 6.45) is 22.4. The molecule has 0 amide bonds. The van der Waals surface area contributed by atoms with Gasteiger partial charge in [0.05, 0.1) is 0 Å². The van der Waals surface area contributed by atoms with Crippen LogP contribution in [0.5, 0.6) is 0 Å². The molecule has 2 N–H and O–H groups in total. The van der Waals surface area contributed by atoms with Crippen molar-refractivity contribution in [1.82, 2.24) is 0 Å². The second-order valence-electron chi connectivity index (χ2n) is 8.67. The number of ketones is 2. The number of hydrogen-bond donors (Lipinski definition) is 2. The third kappa shape index (κ3) is 21.3. The Balaban J connectivity index is 3.12. The Morgan fingerprint density at radius 3 is 0.645 bits per heavy atom. The second kappa shape index (κ2) is 21.5. The summed E-state index contributed by atoms with van der Waals surface area (Å²) in [6, 6.07) is 0. The average Bonchev–Trinajstić information content (AvgIpc) is 2.74. The lowest BCUT2D eigenvalue weighted by Gasteiger charge is -2.04. The topological polar surface area (TPSA) is 109 Å². The van der Waals surface area contributed by atoms with E-state index in [2.05, 4.69) is 0 Å². The van der Waals surface area contributed by atoms with Crippen molar-refractivity contribution in [2.24, 2.45) is 0 Å². The monoisotopic (exact) mass is 440 g/mol. The first-order valence-electron chi connectivity index (χ1n) is 12.5. The van der Waals surface area contributed by atoms with Gasteiger partial charge in [-0.25, -0.2) is 9.59 Å². The van der Waals surface area contributed by atoms with E-state index < -0.39 is 23.5 Å². The summed E-state index contributed by atoms with van der Waals surface area (Å²) < 4.78 is 0. The fraction of sp³-hybridized carbons (Fsp3) is 0.840. The van der Waals surface area contributed by atoms with Gasteiger partial charge in [-0.3, -0.25) is 9.59 Å². The molecule has 0 bridgehead atoms. The lowest BCUT2D eigenvalue weighted by molar-refractivity contribution is -0.149. The molecule has 0 aliphatic rings. The zero-order valence-corrected chi connectivity index (χ0v) is 19.4. The molecule has 0 aromatic rings. The van der Waals surface area contributed by atoms with Crippen molar-refractivity contribution in [3.63, 3.8) is 0 Å². The number of carboxylic acid groups (broad SMARTS) is 2. The van der Waals surface area contributed by atoms with Gasteiger partial charge in [0, 0.05) is 12.8 Å². The predicted molar refractivity (Wildman–Crippen MR) is 122 cm³/mol. The maximum Gasteiger partial charge on any atom is 0.372 e. The summed E-state index contributed by atoms with van der Waals surface area (Å²) in [5.41, 5.74) is 0. The maximum atomic E-state index is 10.9. The lowest BCUT2D eigenvalue weighted by Crippen LogP contribution is -2.11. The molecule has 0 aromatic carbocycles. The molecule has 6 nitrogen and oxygen atoms in total. The number of aliphatic carboxylic acids is 2. The highest BCUT2D eigenvalue weighted by molar-refractivity contribution is 6.32. The van der Waals surface area contributed by atoms with E-state index >= 15 is 0 Å². The van der Waals surface area contributed by atoms with Crippen LogP contribution in [0.25, 0.3) is 0 Å². The number of carbonyl (C=O) groups excluding carboxylic acids is 2. The highest BCUT2D eigenvalue weighted by Gasteiger charge is 2.10. The van der Waals surface area contributed by atoms with Gasteiger partial charge in [0.1, 0.15) is 0 Å². The number of hydrogen-bond acceptors (Lipinski definition) is 4. The highest BCUT2D eigenvalue weighted by Crippen LogP contribution is 2.15. The van der Waals surface area contributed by atoms with Crippen LogP contribution in [0.3, 0.4) is 0 Å². The van der Waals surface area contributed by atoms with Crippen LogP contribution < -0.4 is 0 Å². The van der Waals surface area contributed by atoms with Gasteiger partial charge in [0.25, 0.3) is 0 Å². The van der Waals surface area contributed by atoms with Crippen LogP contribution in [-0.2, 0) is 19.2 Å². The van der Waals surface area contributed by atoms with E-state index in [4.69, 9.17) is 10.2 Å². The molecule has 0 heterocycles. The molecule has 0 aromatic heterocycles. The molecule has 180 valence electrons. The zero-order valence-electron chi connectivity index (χ0n) is 19.4. The molecule has 0 rings (SSSR count). The Labute approximate surface area is 188 Å². The first kappa shape index (κ1) is 29.3. The standard InChI is InChI=1S/C25H44O6/c26-22(24(28)29)20-18-16-14-12-10-8-6-4-2-1-3-5-7-9-11-13-15-17-19-21-23(27)25(30)31/h1-21H2,(H,28,29)(H,30,31). The van der Waals surface area contributed by atoms with Crippen LogP contribution in [0.2, 0.25) is 0 Å². The first-order valence-corrected chi connectivity index (χ1v) is 12.5. The molecule has 0 unspecified atom stereocenters. The maximum absolute atomic E-state index is 10.9. The quantitative estimate of drug-likeness (QED) is 0.131. The molecule has 0 fully saturated rings. The fourth-order valence-corrected chi connectivity index (χ4v) is 3.79. The van der Waals surface area contributed by atoms with Gasteiger partial charge in [0.15, 0.2) is 0 Å². The molecule has 0 saturated heterocycles. The number of unbranched alkanes of at least 4 members (excludes halogenated alkanes) is 18. The fourth-order valence-electron chi connectivity index (χ4n) is 3.79. The molecule has 31 heavy (non-hydrogen) atoms. The molecule has 0 atom stereocenters. The van der Waals surface area contributed by atoms with Gasteiger partial charge < -0.3 is 10.2 Å². The minimum Gasteiger partial charge on any atom is -0.476 e. The Hall–Kier alpha value is -1.72.